The van der Waals surface area contributed by atoms with Crippen molar-refractivity contribution in [2.45, 2.75) is 37.3 Å². The second kappa shape index (κ2) is 9.13. The summed E-state index contributed by atoms with van der Waals surface area (Å²) >= 11 is 6.08. The molecule has 1 fully saturated rings. The first kappa shape index (κ1) is 22.0. The minimum atomic E-state index is -0.640. The number of nitrogens with zero attached hydrogens (tertiary/aromatic N) is 3. The molecule has 0 spiro atoms. The number of amides is 1. The largest absolute Gasteiger partial charge is 0.382 e. The van der Waals surface area contributed by atoms with Gasteiger partial charge in [0.25, 0.3) is 5.91 Å². The van der Waals surface area contributed by atoms with E-state index < -0.39 is 17.4 Å². The number of nitrogens with two attached hydrogens (primary N) is 2. The average Bonchev–Trinajstić information content (AvgIpc) is 3.19. The highest BCUT2D eigenvalue weighted by Gasteiger charge is 2.37. The SMILES string of the molecule is NCC1(n2cc(C(N)=O)c(Nc3ccnc(F)c3)n2)CCC(Nc2cccc(Cl)c2)CC1. The number of aromatic nitrogens is 3. The molecule has 168 valence electrons. The Kier molecular flexibility index (Phi) is 6.29. The summed E-state index contributed by atoms with van der Waals surface area (Å²) in [6.45, 7) is 0.361. The third-order valence-corrected chi connectivity index (χ3v) is 6.18. The van der Waals surface area contributed by atoms with Crippen molar-refractivity contribution >= 4 is 34.7 Å². The van der Waals surface area contributed by atoms with Gasteiger partial charge in [0.15, 0.2) is 5.82 Å². The molecule has 1 aromatic carbocycles. The van der Waals surface area contributed by atoms with Gasteiger partial charge >= 0.3 is 0 Å². The molecule has 0 atom stereocenters. The Morgan fingerprint density at radius 3 is 2.69 bits per heavy atom. The summed E-state index contributed by atoms with van der Waals surface area (Å²) in [6.07, 6.45) is 6.23. The predicted octanol–water partition coefficient (Wildman–Crippen LogP) is 3.62. The molecule has 3 aromatic rings. The van der Waals surface area contributed by atoms with Crippen LogP contribution in [-0.2, 0) is 5.54 Å². The summed E-state index contributed by atoms with van der Waals surface area (Å²) in [5.74, 6) is -1.01. The van der Waals surface area contributed by atoms with Gasteiger partial charge in [-0.05, 0) is 49.9 Å². The van der Waals surface area contributed by atoms with Crippen LogP contribution in [0, 0.1) is 5.95 Å². The number of hydrogen-bond donors (Lipinski definition) is 4. The molecule has 10 heteroatoms. The van der Waals surface area contributed by atoms with Gasteiger partial charge in [-0.2, -0.15) is 9.49 Å². The van der Waals surface area contributed by atoms with Crippen LogP contribution >= 0.6 is 11.6 Å². The molecular weight excluding hydrogens is 433 g/mol. The van der Waals surface area contributed by atoms with Gasteiger partial charge in [0.2, 0.25) is 5.95 Å². The lowest BCUT2D eigenvalue weighted by atomic mass is 9.79. The Labute approximate surface area is 190 Å². The van der Waals surface area contributed by atoms with Crippen molar-refractivity contribution in [2.75, 3.05) is 17.2 Å². The summed E-state index contributed by atoms with van der Waals surface area (Å²) in [5, 5.41) is 11.8. The molecule has 1 saturated carbocycles. The number of pyridine rings is 1. The maximum absolute atomic E-state index is 13.5. The number of primary amides is 1. The van der Waals surface area contributed by atoms with Crippen LogP contribution in [0.3, 0.4) is 0 Å². The lowest BCUT2D eigenvalue weighted by molar-refractivity contribution is 0.100. The Morgan fingerprint density at radius 1 is 1.25 bits per heavy atom. The van der Waals surface area contributed by atoms with E-state index in [1.807, 2.05) is 24.3 Å². The second-order valence-corrected chi connectivity index (χ2v) is 8.49. The molecule has 0 unspecified atom stereocenters. The van der Waals surface area contributed by atoms with E-state index in [0.29, 0.717) is 17.3 Å². The van der Waals surface area contributed by atoms with E-state index >= 15 is 0 Å². The van der Waals surface area contributed by atoms with E-state index in [4.69, 9.17) is 23.1 Å². The highest BCUT2D eigenvalue weighted by atomic mass is 35.5. The van der Waals surface area contributed by atoms with Gasteiger partial charge in [-0.1, -0.05) is 17.7 Å². The summed E-state index contributed by atoms with van der Waals surface area (Å²) in [6, 6.07) is 10.7. The van der Waals surface area contributed by atoms with Crippen LogP contribution in [-0.4, -0.2) is 33.3 Å². The van der Waals surface area contributed by atoms with Crippen molar-refractivity contribution in [1.29, 1.82) is 0 Å². The highest BCUT2D eigenvalue weighted by molar-refractivity contribution is 6.30. The number of carbonyl (C=O) groups excluding carboxylic acids is 1. The first-order valence-electron chi connectivity index (χ1n) is 10.4. The lowest BCUT2D eigenvalue weighted by Gasteiger charge is -2.40. The zero-order chi connectivity index (χ0) is 22.7. The van der Waals surface area contributed by atoms with Gasteiger partial charge < -0.3 is 22.1 Å². The third-order valence-electron chi connectivity index (χ3n) is 5.95. The molecule has 32 heavy (non-hydrogen) atoms. The topological polar surface area (TPSA) is 124 Å². The van der Waals surface area contributed by atoms with Gasteiger partial charge in [0.05, 0.1) is 5.54 Å². The Hall–Kier alpha value is -3.17. The zero-order valence-corrected chi connectivity index (χ0v) is 18.1. The molecule has 4 rings (SSSR count). The summed E-state index contributed by atoms with van der Waals surface area (Å²) < 4.78 is 15.2. The monoisotopic (exact) mass is 457 g/mol. The number of anilines is 3. The van der Waals surface area contributed by atoms with Crippen molar-refractivity contribution in [3.05, 3.63) is 65.3 Å². The fourth-order valence-electron chi connectivity index (χ4n) is 4.15. The Morgan fingerprint density at radius 2 is 2.03 bits per heavy atom. The molecular formula is C22H25ClFN7O. The third kappa shape index (κ3) is 4.68. The van der Waals surface area contributed by atoms with Crippen LogP contribution < -0.4 is 22.1 Å². The number of benzene rings is 1. The van der Waals surface area contributed by atoms with Crippen molar-refractivity contribution in [3.8, 4) is 0 Å². The van der Waals surface area contributed by atoms with Gasteiger partial charge in [0.1, 0.15) is 5.56 Å². The number of hydrogen-bond acceptors (Lipinski definition) is 6. The van der Waals surface area contributed by atoms with Gasteiger partial charge in [-0.15, -0.1) is 0 Å². The predicted molar refractivity (Wildman–Crippen MR) is 123 cm³/mol. The number of carbonyl (C=O) groups is 1. The van der Waals surface area contributed by atoms with Crippen LogP contribution in [0.15, 0.2) is 48.8 Å². The Balaban J connectivity index is 1.53. The van der Waals surface area contributed by atoms with E-state index in [1.165, 1.54) is 12.3 Å². The highest BCUT2D eigenvalue weighted by Crippen LogP contribution is 2.36. The van der Waals surface area contributed by atoms with E-state index in [9.17, 15) is 9.18 Å². The first-order valence-corrected chi connectivity index (χ1v) is 10.8. The molecule has 1 amide bonds. The smallest absolute Gasteiger partial charge is 0.254 e. The maximum Gasteiger partial charge on any atom is 0.254 e. The average molecular weight is 458 g/mol. The minimum absolute atomic E-state index is 0.217. The van der Waals surface area contributed by atoms with Crippen LogP contribution in [0.4, 0.5) is 21.6 Å². The summed E-state index contributed by atoms with van der Waals surface area (Å²) in [5.41, 5.74) is 12.9. The molecule has 0 saturated heterocycles. The summed E-state index contributed by atoms with van der Waals surface area (Å²) in [7, 11) is 0. The molecule has 2 aromatic heterocycles. The number of nitrogens with one attached hydrogen (secondary N) is 2. The molecule has 2 heterocycles. The van der Waals surface area contributed by atoms with Gasteiger partial charge in [-0.3, -0.25) is 9.48 Å². The van der Waals surface area contributed by atoms with Crippen molar-refractivity contribution in [3.63, 3.8) is 0 Å². The molecule has 6 N–H and O–H groups in total. The standard InChI is InChI=1S/C22H25ClFN7O/c23-14-2-1-3-16(10-14)28-15-4-7-22(13-25,8-5-15)31-12-18(20(26)32)21(30-31)29-17-6-9-27-19(24)11-17/h1-3,6,9-12,15,28H,4-5,7-8,13,25H2,(H2,26,32)(H,27,29,30). The van der Waals surface area contributed by atoms with Crippen LogP contribution in [0.5, 0.6) is 0 Å². The molecule has 0 radical (unpaired) electrons. The number of halogens is 2. The van der Waals surface area contributed by atoms with Crippen LogP contribution in [0.25, 0.3) is 0 Å². The van der Waals surface area contributed by atoms with E-state index in [0.717, 1.165) is 31.4 Å². The normalized spacial score (nSPS) is 20.7. The summed E-state index contributed by atoms with van der Waals surface area (Å²) in [4.78, 5) is 15.6. The van der Waals surface area contributed by atoms with Gasteiger partial charge in [-0.25, -0.2) is 4.98 Å². The van der Waals surface area contributed by atoms with Crippen molar-refractivity contribution in [1.82, 2.24) is 14.8 Å². The van der Waals surface area contributed by atoms with Crippen molar-refractivity contribution in [2.24, 2.45) is 11.5 Å². The fraction of sp³-hybridized carbons (Fsp3) is 0.318. The molecule has 1 aliphatic carbocycles. The molecule has 0 bridgehead atoms. The lowest BCUT2D eigenvalue weighted by Crippen LogP contribution is -2.46. The van der Waals surface area contributed by atoms with E-state index in [-0.39, 0.29) is 17.4 Å². The van der Waals surface area contributed by atoms with E-state index in [2.05, 4.69) is 20.7 Å². The van der Waals surface area contributed by atoms with Crippen molar-refractivity contribution < 1.29 is 9.18 Å². The second-order valence-electron chi connectivity index (χ2n) is 8.05. The quantitative estimate of drug-likeness (QED) is 0.402. The maximum atomic E-state index is 13.5. The zero-order valence-electron chi connectivity index (χ0n) is 17.4. The molecule has 0 aliphatic heterocycles. The van der Waals surface area contributed by atoms with Crippen LogP contribution in [0.1, 0.15) is 36.0 Å². The van der Waals surface area contributed by atoms with Gasteiger partial charge in [0, 0.05) is 47.4 Å². The molecule has 1 aliphatic rings. The fourth-order valence-corrected chi connectivity index (χ4v) is 4.34. The first-order chi connectivity index (χ1) is 15.4. The number of rotatable bonds is 7. The Bertz CT molecular complexity index is 1110. The van der Waals surface area contributed by atoms with E-state index in [1.54, 1.807) is 16.9 Å². The minimum Gasteiger partial charge on any atom is -0.382 e. The molecule has 8 nitrogen and oxygen atoms in total. The van der Waals surface area contributed by atoms with Crippen LogP contribution in [0.2, 0.25) is 5.02 Å².